The average Bonchev–Trinajstić information content (AvgIpc) is 3.33. The minimum Gasteiger partial charge on any atom is -0.318 e. The first-order valence-corrected chi connectivity index (χ1v) is 10.9. The third kappa shape index (κ3) is 4.16. The van der Waals surface area contributed by atoms with Crippen LogP contribution in [0.3, 0.4) is 0 Å². The van der Waals surface area contributed by atoms with E-state index in [9.17, 15) is 9.18 Å². The highest BCUT2D eigenvalue weighted by Gasteiger charge is 2.19. The van der Waals surface area contributed by atoms with Crippen LogP contribution in [0.2, 0.25) is 0 Å². The van der Waals surface area contributed by atoms with Gasteiger partial charge in [-0.2, -0.15) is 0 Å². The lowest BCUT2D eigenvalue weighted by atomic mass is 10.2. The van der Waals surface area contributed by atoms with Gasteiger partial charge in [-0.1, -0.05) is 11.8 Å². The number of aryl methyl sites for hydroxylation is 1. The molecule has 4 rings (SSSR count). The fourth-order valence-corrected chi connectivity index (χ4v) is 4.52. The summed E-state index contributed by atoms with van der Waals surface area (Å²) in [6.45, 7) is 6.57. The summed E-state index contributed by atoms with van der Waals surface area (Å²) in [7, 11) is 0. The second-order valence-corrected chi connectivity index (χ2v) is 8.04. The molecule has 0 saturated carbocycles. The second-order valence-electron chi connectivity index (χ2n) is 7.09. The number of thioether (sulfide) groups is 1. The Morgan fingerprint density at radius 3 is 2.45 bits per heavy atom. The molecule has 0 unspecified atom stereocenters. The molecule has 0 spiro atoms. The van der Waals surface area contributed by atoms with E-state index in [1.54, 1.807) is 24.5 Å². The number of carbonyl (C=O) groups excluding carboxylic acids is 1. The summed E-state index contributed by atoms with van der Waals surface area (Å²) in [5.74, 6) is 0.740. The lowest BCUT2D eigenvalue weighted by Crippen LogP contribution is -2.07. The summed E-state index contributed by atoms with van der Waals surface area (Å²) in [5, 5.41) is 9.31. The summed E-state index contributed by atoms with van der Waals surface area (Å²) >= 11 is 1.38. The van der Waals surface area contributed by atoms with Crippen LogP contribution >= 0.6 is 11.8 Å². The summed E-state index contributed by atoms with van der Waals surface area (Å²) < 4.78 is 17.2. The standard InChI is InChI=1S/C23H22FN5OS/c1-4-28-22(17-9-11-25-12-10-17)26-27-23(28)31-14-21(30)20-13-15(2)29(16(20)3)19-7-5-18(24)6-8-19/h5-13H,4,14H2,1-3H3. The van der Waals surface area contributed by atoms with Crippen LogP contribution < -0.4 is 0 Å². The van der Waals surface area contributed by atoms with Gasteiger partial charge in [-0.3, -0.25) is 9.78 Å². The minimum absolute atomic E-state index is 0.0163. The predicted octanol–water partition coefficient (Wildman–Crippen LogP) is 4.88. The van der Waals surface area contributed by atoms with Crippen molar-refractivity contribution in [3.05, 3.63) is 77.6 Å². The van der Waals surface area contributed by atoms with E-state index in [1.807, 2.05) is 48.1 Å². The van der Waals surface area contributed by atoms with Crippen LogP contribution in [0.25, 0.3) is 17.1 Å². The van der Waals surface area contributed by atoms with Gasteiger partial charge in [0.15, 0.2) is 16.8 Å². The average molecular weight is 436 g/mol. The zero-order valence-corrected chi connectivity index (χ0v) is 18.4. The number of hydrogen-bond donors (Lipinski definition) is 0. The van der Waals surface area contributed by atoms with Gasteiger partial charge in [-0.25, -0.2) is 4.39 Å². The molecule has 1 aromatic carbocycles. The summed E-state index contributed by atoms with van der Waals surface area (Å²) in [6.07, 6.45) is 3.44. The van der Waals surface area contributed by atoms with E-state index in [0.717, 1.165) is 28.5 Å². The Hall–Kier alpha value is -3.26. The van der Waals surface area contributed by atoms with Crippen molar-refractivity contribution in [3.63, 3.8) is 0 Å². The first-order chi connectivity index (χ1) is 15.0. The maximum Gasteiger partial charge on any atom is 0.191 e. The smallest absolute Gasteiger partial charge is 0.191 e. The minimum atomic E-state index is -0.287. The van der Waals surface area contributed by atoms with Crippen molar-refractivity contribution < 1.29 is 9.18 Å². The fourth-order valence-electron chi connectivity index (χ4n) is 3.64. The Morgan fingerprint density at radius 2 is 1.77 bits per heavy atom. The molecule has 31 heavy (non-hydrogen) atoms. The van der Waals surface area contributed by atoms with Gasteiger partial charge in [0.1, 0.15) is 5.82 Å². The number of nitrogens with zero attached hydrogens (tertiary/aromatic N) is 5. The molecular formula is C23H22FN5OS. The molecule has 4 aromatic rings. The van der Waals surface area contributed by atoms with E-state index >= 15 is 0 Å². The van der Waals surface area contributed by atoms with E-state index in [1.165, 1.54) is 23.9 Å². The van der Waals surface area contributed by atoms with Gasteiger partial charge in [0.2, 0.25) is 0 Å². The Labute approximate surface area is 184 Å². The highest BCUT2D eigenvalue weighted by molar-refractivity contribution is 7.99. The zero-order chi connectivity index (χ0) is 22.0. The van der Waals surface area contributed by atoms with Crippen LogP contribution in [0.15, 0.2) is 60.0 Å². The molecule has 3 aromatic heterocycles. The molecule has 0 aliphatic rings. The maximum atomic E-state index is 13.3. The van der Waals surface area contributed by atoms with Gasteiger partial charge in [0, 0.05) is 47.1 Å². The molecule has 0 bridgehead atoms. The van der Waals surface area contributed by atoms with Gasteiger partial charge in [-0.15, -0.1) is 10.2 Å². The number of hydrogen-bond acceptors (Lipinski definition) is 5. The molecule has 8 heteroatoms. The Morgan fingerprint density at radius 1 is 1.06 bits per heavy atom. The SMILES string of the molecule is CCn1c(SCC(=O)c2cc(C)n(-c3ccc(F)cc3)c2C)nnc1-c1ccncc1. The molecular weight excluding hydrogens is 413 g/mol. The van der Waals surface area contributed by atoms with Crippen LogP contribution in [0.4, 0.5) is 4.39 Å². The lowest BCUT2D eigenvalue weighted by molar-refractivity contribution is 0.102. The Balaban J connectivity index is 1.54. The van der Waals surface area contributed by atoms with Crippen molar-refractivity contribution in [1.29, 1.82) is 0 Å². The predicted molar refractivity (Wildman–Crippen MR) is 119 cm³/mol. The van der Waals surface area contributed by atoms with Gasteiger partial charge in [0.25, 0.3) is 0 Å². The fraction of sp³-hybridized carbons (Fsp3) is 0.217. The molecule has 0 aliphatic carbocycles. The number of pyridine rings is 1. The van der Waals surface area contributed by atoms with E-state index in [0.29, 0.717) is 17.3 Å². The van der Waals surface area contributed by atoms with Crippen LogP contribution in [0.5, 0.6) is 0 Å². The molecule has 3 heterocycles. The highest BCUT2D eigenvalue weighted by Crippen LogP contribution is 2.26. The summed E-state index contributed by atoms with van der Waals surface area (Å²) in [4.78, 5) is 17.0. The molecule has 0 radical (unpaired) electrons. The molecule has 0 amide bonds. The second kappa shape index (κ2) is 8.85. The van der Waals surface area contributed by atoms with Gasteiger partial charge in [-0.05, 0) is 63.2 Å². The van der Waals surface area contributed by atoms with E-state index < -0.39 is 0 Å². The normalized spacial score (nSPS) is 11.1. The number of rotatable bonds is 7. The zero-order valence-electron chi connectivity index (χ0n) is 17.5. The monoisotopic (exact) mass is 435 g/mol. The van der Waals surface area contributed by atoms with Crippen molar-refractivity contribution in [2.24, 2.45) is 0 Å². The lowest BCUT2D eigenvalue weighted by Gasteiger charge is -2.10. The molecule has 0 aliphatic heterocycles. The van der Waals surface area contributed by atoms with E-state index in [-0.39, 0.29) is 17.4 Å². The third-order valence-electron chi connectivity index (χ3n) is 5.12. The van der Waals surface area contributed by atoms with Crippen molar-refractivity contribution in [1.82, 2.24) is 24.3 Å². The highest BCUT2D eigenvalue weighted by atomic mass is 32.2. The van der Waals surface area contributed by atoms with Crippen molar-refractivity contribution in [2.45, 2.75) is 32.5 Å². The van der Waals surface area contributed by atoms with Crippen LogP contribution in [0.1, 0.15) is 28.7 Å². The quantitative estimate of drug-likeness (QED) is 0.306. The van der Waals surface area contributed by atoms with Crippen molar-refractivity contribution in [2.75, 3.05) is 5.75 Å². The van der Waals surface area contributed by atoms with E-state index in [2.05, 4.69) is 15.2 Å². The van der Waals surface area contributed by atoms with Crippen LogP contribution in [-0.4, -0.2) is 35.9 Å². The number of benzene rings is 1. The third-order valence-corrected chi connectivity index (χ3v) is 6.09. The number of halogens is 1. The first kappa shape index (κ1) is 21.0. The maximum absolute atomic E-state index is 13.3. The van der Waals surface area contributed by atoms with Crippen LogP contribution in [0, 0.1) is 19.7 Å². The molecule has 0 N–H and O–H groups in total. The molecule has 0 atom stereocenters. The Kier molecular flexibility index (Phi) is 5.99. The molecule has 6 nitrogen and oxygen atoms in total. The Bertz CT molecular complexity index is 1220. The van der Waals surface area contributed by atoms with E-state index in [4.69, 9.17) is 0 Å². The molecule has 158 valence electrons. The topological polar surface area (TPSA) is 65.6 Å². The molecule has 0 saturated heterocycles. The molecule has 0 fully saturated rings. The summed E-state index contributed by atoms with van der Waals surface area (Å²) in [6, 6.07) is 11.9. The van der Waals surface area contributed by atoms with Gasteiger partial charge in [0.05, 0.1) is 5.75 Å². The van der Waals surface area contributed by atoms with Gasteiger partial charge >= 0.3 is 0 Å². The van der Waals surface area contributed by atoms with Crippen LogP contribution in [-0.2, 0) is 6.54 Å². The number of aromatic nitrogens is 5. The summed E-state index contributed by atoms with van der Waals surface area (Å²) in [5.41, 5.74) is 4.19. The first-order valence-electron chi connectivity index (χ1n) is 9.94. The van der Waals surface area contributed by atoms with Crippen molar-refractivity contribution >= 4 is 17.5 Å². The largest absolute Gasteiger partial charge is 0.318 e. The number of carbonyl (C=O) groups is 1. The number of ketones is 1. The van der Waals surface area contributed by atoms with Gasteiger partial charge < -0.3 is 9.13 Å². The van der Waals surface area contributed by atoms with Crippen molar-refractivity contribution in [3.8, 4) is 17.1 Å². The number of Topliss-reactive ketones (excluding diaryl/α,β-unsaturated/α-hetero) is 1.